The molecule has 1 aliphatic carbocycles. The number of carboxylic acids is 1. The molecule has 3 aliphatic rings. The van der Waals surface area contributed by atoms with Crippen molar-refractivity contribution >= 4 is 76.4 Å². The van der Waals surface area contributed by atoms with Gasteiger partial charge in [0, 0.05) is 12.0 Å². The Balaban J connectivity index is 0.00000417. The van der Waals surface area contributed by atoms with Crippen LogP contribution in [0.5, 0.6) is 0 Å². The van der Waals surface area contributed by atoms with E-state index in [1.165, 1.54) is 7.11 Å². The van der Waals surface area contributed by atoms with E-state index in [1.807, 2.05) is 26.8 Å². The number of allylic oxidation sites excluding steroid dienone is 2. The van der Waals surface area contributed by atoms with Gasteiger partial charge in [-0.25, -0.2) is 0 Å². The Morgan fingerprint density at radius 1 is 0.935 bits per heavy atom. The predicted molar refractivity (Wildman–Crippen MR) is 175 cm³/mol. The number of Topliss-reactive ketones (excluding diaryl/α,β-unsaturated/α-hetero) is 1. The number of hydrogen-bond donors (Lipinski definition) is 2. The number of carbonyl (C=O) groups is 3. The van der Waals surface area contributed by atoms with Crippen LogP contribution in [0.25, 0.3) is 41.0 Å². The molecule has 0 amide bonds. The maximum atomic E-state index is 14.0. The van der Waals surface area contributed by atoms with Gasteiger partial charge in [-0.15, -0.1) is 33.5 Å². The molecule has 46 heavy (non-hydrogen) atoms. The minimum atomic E-state index is -1.33. The number of aliphatic hydroxyl groups excluding tert-OH is 1. The summed E-state index contributed by atoms with van der Waals surface area (Å²) >= 11 is 0. The van der Waals surface area contributed by atoms with Crippen LogP contribution in [0.1, 0.15) is 80.7 Å². The van der Waals surface area contributed by atoms with Crippen LogP contribution >= 0.6 is 0 Å². The SMILES string of the molecule is C=Cc1c2[n-]c(c1C)/C(O)=C1\[N-]/C(=C3\c4[n-]c(c(C)c4C(=O)[C@@H]3C(=O)OC)/C=c3\[n-]/c(c(C)c3C=C)=C\2)[C@@H](CCC(=O)O)[C@@H]1C.[Mg+2]. The number of aromatic nitrogens is 3. The van der Waals surface area contributed by atoms with Gasteiger partial charge in [0.1, 0.15) is 5.92 Å². The van der Waals surface area contributed by atoms with Crippen LogP contribution in [0.15, 0.2) is 24.6 Å². The van der Waals surface area contributed by atoms with E-state index >= 15 is 0 Å². The number of carbonyl (C=O) groups excluding carboxylic acids is 2. The average molecular weight is 629 g/mol. The first-order valence-corrected chi connectivity index (χ1v) is 14.6. The zero-order valence-corrected chi connectivity index (χ0v) is 27.8. The molecular formula is C35H32MgN4O6-2. The molecule has 1 fully saturated rings. The van der Waals surface area contributed by atoms with E-state index in [-0.39, 0.29) is 58.5 Å². The number of methoxy groups -OCH3 is 1. The van der Waals surface area contributed by atoms with Gasteiger partial charge in [0.25, 0.3) is 0 Å². The van der Waals surface area contributed by atoms with E-state index in [4.69, 9.17) is 25.0 Å². The molecule has 232 valence electrons. The van der Waals surface area contributed by atoms with Gasteiger partial charge in [-0.3, -0.25) is 14.4 Å². The smallest absolute Gasteiger partial charge is 0.661 e. The molecule has 2 aliphatic heterocycles. The number of rotatable bonds is 6. The predicted octanol–water partition coefficient (Wildman–Crippen LogP) is 3.49. The van der Waals surface area contributed by atoms with Gasteiger partial charge in [0.05, 0.1) is 12.9 Å². The van der Waals surface area contributed by atoms with Crippen LogP contribution in [0, 0.1) is 38.5 Å². The van der Waals surface area contributed by atoms with Crippen molar-refractivity contribution in [1.82, 2.24) is 15.0 Å². The number of ketones is 1. The van der Waals surface area contributed by atoms with Gasteiger partial charge in [0.2, 0.25) is 0 Å². The van der Waals surface area contributed by atoms with Crippen LogP contribution in [0.3, 0.4) is 0 Å². The third-order valence-electron chi connectivity index (χ3n) is 9.28. The van der Waals surface area contributed by atoms with Crippen molar-refractivity contribution in [3.63, 3.8) is 0 Å². The second-order valence-electron chi connectivity index (χ2n) is 11.6. The Labute approximate surface area is 281 Å². The van der Waals surface area contributed by atoms with Crippen molar-refractivity contribution in [2.24, 2.45) is 17.8 Å². The molecule has 6 rings (SSSR count). The molecule has 10 nitrogen and oxygen atoms in total. The number of hydrogen-bond acceptors (Lipinski definition) is 5. The second kappa shape index (κ2) is 12.0. The minimum Gasteiger partial charge on any atom is -0.661 e. The number of aliphatic hydroxyl groups is 1. The summed E-state index contributed by atoms with van der Waals surface area (Å²) in [6, 6.07) is 0. The molecule has 0 spiro atoms. The summed E-state index contributed by atoms with van der Waals surface area (Å²) in [5.41, 5.74) is 6.45. The maximum absolute atomic E-state index is 14.0. The quantitative estimate of drug-likeness (QED) is 0.237. The van der Waals surface area contributed by atoms with Crippen molar-refractivity contribution in [2.45, 2.75) is 40.5 Å². The monoisotopic (exact) mass is 628 g/mol. The summed E-state index contributed by atoms with van der Waals surface area (Å²) in [7, 11) is 1.21. The number of aliphatic carboxylic acids is 1. The Morgan fingerprint density at radius 3 is 2.22 bits per heavy atom. The van der Waals surface area contributed by atoms with Crippen LogP contribution in [0.4, 0.5) is 0 Å². The van der Waals surface area contributed by atoms with Gasteiger partial charge >= 0.3 is 35.0 Å². The van der Waals surface area contributed by atoms with Crippen LogP contribution in [-0.4, -0.2) is 58.1 Å². The number of carboxylic acid groups (broad SMARTS) is 1. The zero-order chi connectivity index (χ0) is 32.5. The van der Waals surface area contributed by atoms with Gasteiger partial charge < -0.3 is 35.2 Å². The van der Waals surface area contributed by atoms with Crippen LogP contribution in [0.2, 0.25) is 0 Å². The van der Waals surface area contributed by atoms with Gasteiger partial charge in [-0.05, 0) is 50.2 Å². The first-order chi connectivity index (χ1) is 21.4. The van der Waals surface area contributed by atoms with E-state index in [1.54, 1.807) is 25.2 Å². The first kappa shape index (κ1) is 32.9. The minimum absolute atomic E-state index is 0. The van der Waals surface area contributed by atoms with Crippen molar-refractivity contribution in [3.05, 3.63) is 96.7 Å². The molecule has 5 heterocycles. The van der Waals surface area contributed by atoms with Gasteiger partial charge in [0.15, 0.2) is 5.78 Å². The van der Waals surface area contributed by atoms with Crippen molar-refractivity contribution < 1.29 is 29.3 Å². The molecule has 3 aromatic heterocycles. The fourth-order valence-electron chi connectivity index (χ4n) is 6.84. The standard InChI is InChI=1S/C35H34N4O6.Mg/c1-8-18-14(3)21-12-24-19(9-2)15(4)29(38-24)34(43)30-16(5)20(10-11-25(40)41)31(39-30)27-28(35(44)45-7)33(42)26-17(6)22(37-32(26)27)13-23(18)36-21;/h8-9,12-13,16,20,28H,1-2,10-11H2,3-7H3,(H4,37,39,40,41,42,43);/q-2;+2/p-2/b21-12-,23-13-,34-30+;/t16-,20-,28+;/m0./s1. The summed E-state index contributed by atoms with van der Waals surface area (Å²) in [4.78, 5) is 53.4. The normalized spacial score (nSPS) is 24.3. The van der Waals surface area contributed by atoms with Crippen LogP contribution < -0.4 is 25.7 Å². The van der Waals surface area contributed by atoms with Gasteiger partial charge in [-0.2, -0.15) is 5.70 Å². The Morgan fingerprint density at radius 2 is 1.59 bits per heavy atom. The fourth-order valence-corrected chi connectivity index (χ4v) is 6.84. The van der Waals surface area contributed by atoms with E-state index in [0.29, 0.717) is 50.3 Å². The zero-order valence-electron chi connectivity index (χ0n) is 26.4. The molecule has 1 saturated heterocycles. The summed E-state index contributed by atoms with van der Waals surface area (Å²) < 4.78 is 5.08. The third-order valence-corrected chi connectivity index (χ3v) is 9.28. The summed E-state index contributed by atoms with van der Waals surface area (Å²) in [5, 5.41) is 27.5. The van der Waals surface area contributed by atoms with Crippen molar-refractivity contribution in [1.29, 1.82) is 0 Å². The molecule has 8 bridgehead atoms. The Hall–Kier alpha value is -4.48. The maximum Gasteiger partial charge on any atom is 2.00 e. The number of fused-ring (bicyclic) bond motifs is 7. The molecule has 2 N–H and O–H groups in total. The third kappa shape index (κ3) is 4.80. The fraction of sp³-hybridized carbons (Fsp3) is 0.286. The molecule has 3 aromatic rings. The topological polar surface area (TPSA) is 157 Å². The van der Waals surface area contributed by atoms with Crippen molar-refractivity contribution in [2.75, 3.05) is 7.11 Å². The summed E-state index contributed by atoms with van der Waals surface area (Å²) in [6.07, 6.45) is 6.98. The van der Waals surface area contributed by atoms with E-state index < -0.39 is 35.5 Å². The average Bonchev–Trinajstić information content (AvgIpc) is 3.75. The molecule has 0 radical (unpaired) electrons. The molecule has 3 atom stereocenters. The van der Waals surface area contributed by atoms with Crippen molar-refractivity contribution in [3.8, 4) is 0 Å². The van der Waals surface area contributed by atoms with E-state index in [0.717, 1.165) is 16.7 Å². The molecule has 0 unspecified atom stereocenters. The summed E-state index contributed by atoms with van der Waals surface area (Å²) in [5.74, 6) is -4.77. The number of esters is 1. The second-order valence-corrected chi connectivity index (χ2v) is 11.6. The Kier molecular flexibility index (Phi) is 8.60. The summed E-state index contributed by atoms with van der Waals surface area (Å²) in [6.45, 7) is 15.3. The number of nitrogens with zero attached hydrogens (tertiary/aromatic N) is 4. The molecule has 0 saturated carbocycles. The first-order valence-electron chi connectivity index (χ1n) is 14.6. The largest absolute Gasteiger partial charge is 2.00 e. The van der Waals surface area contributed by atoms with Gasteiger partial charge in [-0.1, -0.05) is 72.3 Å². The molecule has 0 aromatic carbocycles. The van der Waals surface area contributed by atoms with E-state index in [9.17, 15) is 24.6 Å². The molecule has 11 heteroatoms. The van der Waals surface area contributed by atoms with E-state index in [2.05, 4.69) is 13.2 Å². The van der Waals surface area contributed by atoms with Crippen LogP contribution in [-0.2, 0) is 14.3 Å². The molecular weight excluding hydrogens is 597 g/mol. The Bertz CT molecular complexity index is 2050. The number of ether oxygens (including phenoxy) is 1.